The molecule has 0 bridgehead atoms. The van der Waals surface area contributed by atoms with Crippen molar-refractivity contribution in [2.75, 3.05) is 25.0 Å². The van der Waals surface area contributed by atoms with E-state index in [0.717, 1.165) is 23.6 Å². The van der Waals surface area contributed by atoms with Crippen LogP contribution in [0.25, 0.3) is 5.52 Å². The number of fused-ring (bicyclic) bond motifs is 1. The molecule has 1 atom stereocenters. The van der Waals surface area contributed by atoms with Gasteiger partial charge < -0.3 is 10.2 Å². The van der Waals surface area contributed by atoms with Gasteiger partial charge in [-0.15, -0.1) is 0 Å². The van der Waals surface area contributed by atoms with Crippen LogP contribution in [-0.2, 0) is 0 Å². The van der Waals surface area contributed by atoms with Gasteiger partial charge in [-0.25, -0.2) is 9.50 Å². The van der Waals surface area contributed by atoms with Crippen molar-refractivity contribution < 1.29 is 0 Å². The predicted molar refractivity (Wildman–Crippen MR) is 81.0 cm³/mol. The molecule has 108 valence electrons. The molecule has 5 heteroatoms. The number of aryl methyl sites for hydroxylation is 1. The first kappa shape index (κ1) is 13.4. The Bertz CT molecular complexity index is 589. The zero-order chi connectivity index (χ0) is 14.1. The van der Waals surface area contributed by atoms with Crippen molar-refractivity contribution in [1.29, 1.82) is 0 Å². The van der Waals surface area contributed by atoms with Crippen LogP contribution in [0, 0.1) is 12.8 Å². The first-order valence-corrected chi connectivity index (χ1v) is 7.42. The second-order valence-electron chi connectivity index (χ2n) is 6.02. The van der Waals surface area contributed by atoms with Gasteiger partial charge in [0, 0.05) is 31.5 Å². The molecular weight excluding hydrogens is 250 g/mol. The minimum absolute atomic E-state index is 0.652. The van der Waals surface area contributed by atoms with Crippen molar-refractivity contribution in [3.63, 3.8) is 0 Å². The number of aromatic nitrogens is 3. The number of hydrogen-bond donors (Lipinski definition) is 1. The largest absolute Gasteiger partial charge is 0.368 e. The number of nitrogens with one attached hydrogen (secondary N) is 1. The van der Waals surface area contributed by atoms with Gasteiger partial charge in [-0.05, 0) is 45.7 Å². The van der Waals surface area contributed by atoms with E-state index in [1.807, 2.05) is 17.6 Å². The third-order valence-electron chi connectivity index (χ3n) is 4.12. The predicted octanol–water partition coefficient (Wildman–Crippen LogP) is 2.18. The van der Waals surface area contributed by atoms with E-state index in [1.54, 1.807) is 6.20 Å². The second kappa shape index (κ2) is 5.40. The molecule has 1 unspecified atom stereocenters. The molecule has 2 aromatic rings. The molecule has 2 aromatic heterocycles. The average Bonchev–Trinajstić information content (AvgIpc) is 3.01. The van der Waals surface area contributed by atoms with Gasteiger partial charge in [-0.3, -0.25) is 0 Å². The van der Waals surface area contributed by atoms with E-state index in [1.165, 1.54) is 19.5 Å². The maximum Gasteiger partial charge on any atom is 0.152 e. The Labute approximate surface area is 120 Å². The smallest absolute Gasteiger partial charge is 0.152 e. The average molecular weight is 273 g/mol. The lowest BCUT2D eigenvalue weighted by molar-refractivity contribution is 0.266. The van der Waals surface area contributed by atoms with Crippen LogP contribution in [0.15, 0.2) is 18.5 Å². The molecule has 1 fully saturated rings. The summed E-state index contributed by atoms with van der Waals surface area (Å²) in [6.45, 7) is 9.94. The molecule has 5 nitrogen and oxygen atoms in total. The summed E-state index contributed by atoms with van der Waals surface area (Å²) in [5, 5.41) is 7.92. The van der Waals surface area contributed by atoms with Gasteiger partial charge in [0.1, 0.15) is 5.52 Å². The highest BCUT2D eigenvalue weighted by molar-refractivity contribution is 5.67. The van der Waals surface area contributed by atoms with E-state index < -0.39 is 0 Å². The Hall–Kier alpha value is -1.62. The molecule has 0 spiro atoms. The zero-order valence-corrected chi connectivity index (χ0v) is 12.5. The number of nitrogens with zero attached hydrogens (tertiary/aromatic N) is 4. The number of hydrogen-bond acceptors (Lipinski definition) is 4. The van der Waals surface area contributed by atoms with Crippen molar-refractivity contribution in [3.05, 3.63) is 24.2 Å². The topological polar surface area (TPSA) is 45.5 Å². The fourth-order valence-corrected chi connectivity index (χ4v) is 2.92. The highest BCUT2D eigenvalue weighted by atomic mass is 15.2. The molecule has 1 N–H and O–H groups in total. The number of likely N-dealkylation sites (tertiary alicyclic amines) is 1. The summed E-state index contributed by atoms with van der Waals surface area (Å²) in [4.78, 5) is 6.99. The van der Waals surface area contributed by atoms with Gasteiger partial charge in [0.15, 0.2) is 5.82 Å². The third-order valence-corrected chi connectivity index (χ3v) is 4.12. The van der Waals surface area contributed by atoms with Crippen molar-refractivity contribution in [3.8, 4) is 0 Å². The molecule has 3 heterocycles. The van der Waals surface area contributed by atoms with E-state index in [-0.39, 0.29) is 0 Å². The summed E-state index contributed by atoms with van der Waals surface area (Å²) in [5.41, 5.74) is 2.08. The molecule has 1 aliphatic heterocycles. The molecule has 3 rings (SSSR count). The van der Waals surface area contributed by atoms with E-state index in [0.29, 0.717) is 12.0 Å². The van der Waals surface area contributed by atoms with Crippen LogP contribution in [0.1, 0.15) is 26.0 Å². The molecule has 0 saturated carbocycles. The third kappa shape index (κ3) is 2.63. The Balaban J connectivity index is 1.66. The zero-order valence-electron chi connectivity index (χ0n) is 12.5. The molecule has 0 amide bonds. The van der Waals surface area contributed by atoms with E-state index in [2.05, 4.69) is 40.2 Å². The van der Waals surface area contributed by atoms with Crippen molar-refractivity contribution in [2.45, 2.75) is 33.2 Å². The minimum atomic E-state index is 0.652. The van der Waals surface area contributed by atoms with Gasteiger partial charge in [-0.2, -0.15) is 5.10 Å². The van der Waals surface area contributed by atoms with Gasteiger partial charge in [0.2, 0.25) is 0 Å². The standard InChI is InChI=1S/C15H23N5/c1-11(2)19-6-4-13(10-19)9-17-15-14-8-12(3)18-20(14)7-5-16-15/h5,7-8,11,13H,4,6,9-10H2,1-3H3,(H,16,17). The second-order valence-corrected chi connectivity index (χ2v) is 6.02. The van der Waals surface area contributed by atoms with Crippen LogP contribution in [0.4, 0.5) is 5.82 Å². The Morgan fingerprint density at radius 2 is 2.30 bits per heavy atom. The summed E-state index contributed by atoms with van der Waals surface area (Å²) >= 11 is 0. The van der Waals surface area contributed by atoms with Crippen LogP contribution in [0.3, 0.4) is 0 Å². The van der Waals surface area contributed by atoms with E-state index in [9.17, 15) is 0 Å². The van der Waals surface area contributed by atoms with E-state index >= 15 is 0 Å². The quantitative estimate of drug-likeness (QED) is 0.927. The number of rotatable bonds is 4. The highest BCUT2D eigenvalue weighted by Crippen LogP contribution is 2.20. The number of anilines is 1. The maximum atomic E-state index is 4.45. The summed E-state index contributed by atoms with van der Waals surface area (Å²) in [5.74, 6) is 1.65. The highest BCUT2D eigenvalue weighted by Gasteiger charge is 2.24. The van der Waals surface area contributed by atoms with Crippen LogP contribution < -0.4 is 5.32 Å². The Morgan fingerprint density at radius 3 is 3.05 bits per heavy atom. The van der Waals surface area contributed by atoms with Crippen molar-refractivity contribution >= 4 is 11.3 Å². The van der Waals surface area contributed by atoms with Crippen molar-refractivity contribution in [1.82, 2.24) is 19.5 Å². The molecular formula is C15H23N5. The van der Waals surface area contributed by atoms with Crippen LogP contribution in [0.2, 0.25) is 0 Å². The van der Waals surface area contributed by atoms with Gasteiger partial charge in [0.25, 0.3) is 0 Å². The molecule has 0 radical (unpaired) electrons. The maximum absolute atomic E-state index is 4.45. The summed E-state index contributed by atoms with van der Waals surface area (Å²) in [7, 11) is 0. The van der Waals surface area contributed by atoms with Crippen LogP contribution in [0.5, 0.6) is 0 Å². The normalized spacial score (nSPS) is 20.1. The van der Waals surface area contributed by atoms with Gasteiger partial charge in [-0.1, -0.05) is 0 Å². The van der Waals surface area contributed by atoms with Crippen molar-refractivity contribution in [2.24, 2.45) is 5.92 Å². The Kier molecular flexibility index (Phi) is 3.61. The minimum Gasteiger partial charge on any atom is -0.368 e. The monoisotopic (exact) mass is 273 g/mol. The van der Waals surface area contributed by atoms with Gasteiger partial charge >= 0.3 is 0 Å². The van der Waals surface area contributed by atoms with E-state index in [4.69, 9.17) is 0 Å². The SMILES string of the molecule is Cc1cc2c(NCC3CCN(C(C)C)C3)nccn2n1. The summed E-state index contributed by atoms with van der Waals surface area (Å²) < 4.78 is 1.89. The molecule has 0 aliphatic carbocycles. The first-order chi connectivity index (χ1) is 9.63. The fourth-order valence-electron chi connectivity index (χ4n) is 2.92. The lowest BCUT2D eigenvalue weighted by atomic mass is 10.1. The first-order valence-electron chi connectivity index (χ1n) is 7.42. The van der Waals surface area contributed by atoms with Crippen LogP contribution >= 0.6 is 0 Å². The molecule has 1 saturated heterocycles. The fraction of sp³-hybridized carbons (Fsp3) is 0.600. The summed E-state index contributed by atoms with van der Waals surface area (Å²) in [6, 6.07) is 2.73. The lowest BCUT2D eigenvalue weighted by Crippen LogP contribution is -2.29. The van der Waals surface area contributed by atoms with Crippen LogP contribution in [-0.4, -0.2) is 45.2 Å². The van der Waals surface area contributed by atoms with Gasteiger partial charge in [0.05, 0.1) is 5.69 Å². The Morgan fingerprint density at radius 1 is 1.45 bits per heavy atom. The summed E-state index contributed by atoms with van der Waals surface area (Å²) in [6.07, 6.45) is 4.97. The molecule has 20 heavy (non-hydrogen) atoms. The lowest BCUT2D eigenvalue weighted by Gasteiger charge is -2.20. The molecule has 0 aromatic carbocycles. The molecule has 1 aliphatic rings.